The summed E-state index contributed by atoms with van der Waals surface area (Å²) in [4.78, 5) is 2.23. The molecule has 1 aliphatic rings. The average molecular weight is 266 g/mol. The minimum atomic E-state index is -3.15. The van der Waals surface area contributed by atoms with E-state index in [1.807, 2.05) is 6.92 Å². The highest BCUT2D eigenvalue weighted by molar-refractivity contribution is 7.88. The molecule has 17 heavy (non-hydrogen) atoms. The van der Waals surface area contributed by atoms with E-state index < -0.39 is 10.0 Å². The van der Waals surface area contributed by atoms with E-state index in [0.29, 0.717) is 13.2 Å². The molecule has 1 unspecified atom stereocenters. The standard InChI is InChI=1S/C10H22N2O4S/c1-3-16-10(8-11-17(2,13)14)9-12-4-6-15-7-5-12/h10-11H,3-9H2,1-2H3. The van der Waals surface area contributed by atoms with E-state index in [-0.39, 0.29) is 6.10 Å². The zero-order valence-corrected chi connectivity index (χ0v) is 11.3. The lowest BCUT2D eigenvalue weighted by Gasteiger charge is -2.30. The molecule has 1 atom stereocenters. The van der Waals surface area contributed by atoms with Gasteiger partial charge in [0.2, 0.25) is 10.0 Å². The summed E-state index contributed by atoms with van der Waals surface area (Å²) in [5, 5.41) is 0. The second-order valence-electron chi connectivity index (χ2n) is 4.11. The van der Waals surface area contributed by atoms with Gasteiger partial charge in [-0.05, 0) is 6.92 Å². The molecule has 1 N–H and O–H groups in total. The van der Waals surface area contributed by atoms with Gasteiger partial charge in [-0.2, -0.15) is 0 Å². The summed E-state index contributed by atoms with van der Waals surface area (Å²) in [5.41, 5.74) is 0. The van der Waals surface area contributed by atoms with E-state index in [9.17, 15) is 8.42 Å². The van der Waals surface area contributed by atoms with E-state index in [2.05, 4.69) is 9.62 Å². The molecule has 1 heterocycles. The molecule has 1 rings (SSSR count). The molecular weight excluding hydrogens is 244 g/mol. The van der Waals surface area contributed by atoms with Gasteiger partial charge < -0.3 is 9.47 Å². The van der Waals surface area contributed by atoms with Crippen LogP contribution in [0.3, 0.4) is 0 Å². The van der Waals surface area contributed by atoms with Crippen molar-refractivity contribution in [2.45, 2.75) is 13.0 Å². The number of nitrogens with one attached hydrogen (secondary N) is 1. The van der Waals surface area contributed by atoms with E-state index in [0.717, 1.165) is 39.1 Å². The largest absolute Gasteiger partial charge is 0.379 e. The number of ether oxygens (including phenoxy) is 2. The van der Waals surface area contributed by atoms with Gasteiger partial charge in [-0.15, -0.1) is 0 Å². The van der Waals surface area contributed by atoms with Crippen LogP contribution in [0.4, 0.5) is 0 Å². The molecule has 0 aliphatic carbocycles. The fourth-order valence-corrected chi connectivity index (χ4v) is 2.22. The van der Waals surface area contributed by atoms with Crippen LogP contribution in [0.25, 0.3) is 0 Å². The third-order valence-electron chi connectivity index (χ3n) is 2.54. The van der Waals surface area contributed by atoms with Crippen LogP contribution >= 0.6 is 0 Å². The van der Waals surface area contributed by atoms with Crippen molar-refractivity contribution >= 4 is 10.0 Å². The molecule has 0 saturated carbocycles. The van der Waals surface area contributed by atoms with Crippen molar-refractivity contribution < 1.29 is 17.9 Å². The van der Waals surface area contributed by atoms with E-state index >= 15 is 0 Å². The number of rotatable bonds is 7. The smallest absolute Gasteiger partial charge is 0.208 e. The highest BCUT2D eigenvalue weighted by Gasteiger charge is 2.17. The fourth-order valence-electron chi connectivity index (χ4n) is 1.73. The number of sulfonamides is 1. The molecule has 7 heteroatoms. The van der Waals surface area contributed by atoms with Crippen LogP contribution in [0.2, 0.25) is 0 Å². The Morgan fingerprint density at radius 1 is 1.41 bits per heavy atom. The Bertz CT molecular complexity index is 301. The van der Waals surface area contributed by atoms with Crippen LogP contribution in [0.1, 0.15) is 6.92 Å². The van der Waals surface area contributed by atoms with Crippen LogP contribution in [0.15, 0.2) is 0 Å². The van der Waals surface area contributed by atoms with E-state index in [1.54, 1.807) is 0 Å². The normalized spacial score (nSPS) is 20.4. The van der Waals surface area contributed by atoms with Crippen molar-refractivity contribution in [2.75, 3.05) is 52.3 Å². The maximum absolute atomic E-state index is 11.0. The second kappa shape index (κ2) is 7.27. The maximum Gasteiger partial charge on any atom is 0.208 e. The van der Waals surface area contributed by atoms with Crippen LogP contribution in [0, 0.1) is 0 Å². The molecule has 0 aromatic heterocycles. The second-order valence-corrected chi connectivity index (χ2v) is 5.94. The van der Waals surface area contributed by atoms with Crippen LogP contribution in [-0.4, -0.2) is 71.7 Å². The molecule has 0 radical (unpaired) electrons. The Kier molecular flexibility index (Phi) is 6.35. The van der Waals surface area contributed by atoms with Gasteiger partial charge in [-0.25, -0.2) is 13.1 Å². The summed E-state index contributed by atoms with van der Waals surface area (Å²) in [6.45, 7) is 6.78. The van der Waals surface area contributed by atoms with Gasteiger partial charge in [0, 0.05) is 32.8 Å². The molecule has 102 valence electrons. The Labute approximate surface area is 103 Å². The molecular formula is C10H22N2O4S. The quantitative estimate of drug-likeness (QED) is 0.658. The topological polar surface area (TPSA) is 67.9 Å². The first-order valence-corrected chi connectivity index (χ1v) is 7.76. The van der Waals surface area contributed by atoms with Crippen molar-refractivity contribution in [2.24, 2.45) is 0 Å². The summed E-state index contributed by atoms with van der Waals surface area (Å²) < 4.78 is 35.3. The number of morpholine rings is 1. The SMILES string of the molecule is CCOC(CNS(C)(=O)=O)CN1CCOCC1. The van der Waals surface area contributed by atoms with Gasteiger partial charge in [0.25, 0.3) is 0 Å². The molecule has 6 nitrogen and oxygen atoms in total. The predicted molar refractivity (Wildman–Crippen MR) is 65.5 cm³/mol. The average Bonchev–Trinajstić information content (AvgIpc) is 2.27. The van der Waals surface area contributed by atoms with Crippen molar-refractivity contribution in [1.29, 1.82) is 0 Å². The number of hydrogen-bond donors (Lipinski definition) is 1. The fraction of sp³-hybridized carbons (Fsp3) is 1.00. The molecule has 0 bridgehead atoms. The molecule has 0 amide bonds. The van der Waals surface area contributed by atoms with Gasteiger partial charge in [0.05, 0.1) is 25.6 Å². The first kappa shape index (κ1) is 14.8. The Morgan fingerprint density at radius 3 is 2.59 bits per heavy atom. The Morgan fingerprint density at radius 2 is 2.06 bits per heavy atom. The lowest BCUT2D eigenvalue weighted by molar-refractivity contribution is -0.00658. The van der Waals surface area contributed by atoms with Crippen LogP contribution in [0.5, 0.6) is 0 Å². The van der Waals surface area contributed by atoms with Gasteiger partial charge in [0.1, 0.15) is 0 Å². The van der Waals surface area contributed by atoms with Gasteiger partial charge >= 0.3 is 0 Å². The molecule has 1 fully saturated rings. The van der Waals surface area contributed by atoms with Crippen molar-refractivity contribution in [3.8, 4) is 0 Å². The molecule has 0 spiro atoms. The minimum Gasteiger partial charge on any atom is -0.379 e. The van der Waals surface area contributed by atoms with Gasteiger partial charge in [-0.3, -0.25) is 4.90 Å². The van der Waals surface area contributed by atoms with Crippen molar-refractivity contribution in [3.63, 3.8) is 0 Å². The zero-order chi connectivity index (χ0) is 12.7. The van der Waals surface area contributed by atoms with Crippen LogP contribution < -0.4 is 4.72 Å². The Balaban J connectivity index is 2.36. The predicted octanol–water partition coefficient (Wildman–Crippen LogP) is -0.727. The number of nitrogens with zero attached hydrogens (tertiary/aromatic N) is 1. The highest BCUT2D eigenvalue weighted by Crippen LogP contribution is 2.01. The van der Waals surface area contributed by atoms with Crippen molar-refractivity contribution in [1.82, 2.24) is 9.62 Å². The van der Waals surface area contributed by atoms with E-state index in [1.165, 1.54) is 0 Å². The maximum atomic E-state index is 11.0. The first-order chi connectivity index (χ1) is 8.01. The molecule has 1 aliphatic heterocycles. The molecule has 0 aromatic carbocycles. The summed E-state index contributed by atoms with van der Waals surface area (Å²) in [6, 6.07) is 0. The summed E-state index contributed by atoms with van der Waals surface area (Å²) >= 11 is 0. The summed E-state index contributed by atoms with van der Waals surface area (Å²) in [7, 11) is -3.15. The lowest BCUT2D eigenvalue weighted by atomic mass is 10.3. The molecule has 1 saturated heterocycles. The van der Waals surface area contributed by atoms with Crippen molar-refractivity contribution in [3.05, 3.63) is 0 Å². The Hall–Kier alpha value is -0.210. The highest BCUT2D eigenvalue weighted by atomic mass is 32.2. The molecule has 0 aromatic rings. The monoisotopic (exact) mass is 266 g/mol. The third kappa shape index (κ3) is 6.95. The third-order valence-corrected chi connectivity index (χ3v) is 3.23. The zero-order valence-electron chi connectivity index (χ0n) is 10.5. The van der Waals surface area contributed by atoms with Gasteiger partial charge in [0.15, 0.2) is 0 Å². The lowest BCUT2D eigenvalue weighted by Crippen LogP contribution is -2.45. The minimum absolute atomic E-state index is 0.104. The number of hydrogen-bond acceptors (Lipinski definition) is 5. The van der Waals surface area contributed by atoms with Crippen LogP contribution in [-0.2, 0) is 19.5 Å². The summed E-state index contributed by atoms with van der Waals surface area (Å²) in [6.07, 6.45) is 1.05. The first-order valence-electron chi connectivity index (χ1n) is 5.87. The summed E-state index contributed by atoms with van der Waals surface area (Å²) in [5.74, 6) is 0. The van der Waals surface area contributed by atoms with E-state index in [4.69, 9.17) is 9.47 Å². The van der Waals surface area contributed by atoms with Gasteiger partial charge in [-0.1, -0.05) is 0 Å².